The molecule has 2 heterocycles. The van der Waals surface area contributed by atoms with Crippen LogP contribution in [0.4, 0.5) is 17.2 Å². The molecule has 0 radical (unpaired) electrons. The van der Waals surface area contributed by atoms with Gasteiger partial charge >= 0.3 is 5.69 Å². The van der Waals surface area contributed by atoms with Crippen LogP contribution in [0.5, 0.6) is 0 Å². The summed E-state index contributed by atoms with van der Waals surface area (Å²) in [7, 11) is 0. The summed E-state index contributed by atoms with van der Waals surface area (Å²) >= 11 is 0. The fourth-order valence-corrected chi connectivity index (χ4v) is 3.94. The van der Waals surface area contributed by atoms with Gasteiger partial charge in [0.1, 0.15) is 5.82 Å². The normalized spacial score (nSPS) is 15.4. The molecule has 3 rings (SSSR count). The second-order valence-corrected chi connectivity index (χ2v) is 7.45. The van der Waals surface area contributed by atoms with Crippen molar-refractivity contribution in [1.29, 1.82) is 0 Å². The topological polar surface area (TPSA) is 104 Å². The van der Waals surface area contributed by atoms with Gasteiger partial charge in [0.2, 0.25) is 5.91 Å². The first-order chi connectivity index (χ1) is 13.9. The maximum atomic E-state index is 13.2. The minimum Gasteiger partial charge on any atom is -0.383 e. The van der Waals surface area contributed by atoms with Gasteiger partial charge in [-0.15, -0.1) is 0 Å². The number of aromatic nitrogens is 2. The highest BCUT2D eigenvalue weighted by Crippen LogP contribution is 2.31. The molecule has 3 N–H and O–H groups in total. The van der Waals surface area contributed by atoms with Gasteiger partial charge < -0.3 is 15.5 Å². The number of rotatable bonds is 7. The van der Waals surface area contributed by atoms with Crippen LogP contribution < -0.4 is 26.8 Å². The van der Waals surface area contributed by atoms with Crippen molar-refractivity contribution in [3.05, 3.63) is 50.7 Å². The van der Waals surface area contributed by atoms with Gasteiger partial charge in [-0.2, -0.15) is 0 Å². The van der Waals surface area contributed by atoms with Crippen molar-refractivity contribution in [3.8, 4) is 0 Å². The lowest BCUT2D eigenvalue weighted by molar-refractivity contribution is -0.117. The van der Waals surface area contributed by atoms with E-state index in [1.54, 1.807) is 6.92 Å². The van der Waals surface area contributed by atoms with E-state index in [1.807, 2.05) is 25.1 Å². The molecule has 8 nitrogen and oxygen atoms in total. The first kappa shape index (κ1) is 20.7. The number of anilines is 3. The fraction of sp³-hybridized carbons (Fsp3) is 0.476. The monoisotopic (exact) mass is 399 g/mol. The Bertz CT molecular complexity index is 1010. The number of likely N-dealkylation sites (N-methyl/N-ethyl adjacent to an activating group) is 1. The van der Waals surface area contributed by atoms with Crippen molar-refractivity contribution in [2.75, 3.05) is 28.6 Å². The lowest BCUT2D eigenvalue weighted by Gasteiger charge is -2.29. The van der Waals surface area contributed by atoms with Gasteiger partial charge in [0.15, 0.2) is 5.69 Å². The number of hydrogen-bond acceptors (Lipinski definition) is 5. The second-order valence-electron chi connectivity index (χ2n) is 7.45. The summed E-state index contributed by atoms with van der Waals surface area (Å²) < 4.78 is 1.34. The van der Waals surface area contributed by atoms with Crippen molar-refractivity contribution in [1.82, 2.24) is 9.55 Å². The number of H-pyrrole nitrogens is 1. The number of amides is 1. The Labute approximate surface area is 169 Å². The molecule has 0 saturated carbocycles. The van der Waals surface area contributed by atoms with Gasteiger partial charge in [0, 0.05) is 24.8 Å². The van der Waals surface area contributed by atoms with Crippen LogP contribution in [0, 0.1) is 0 Å². The number of nitrogens with one attached hydrogen (secondary N) is 1. The number of nitrogens with zero attached hydrogens (tertiary/aromatic N) is 3. The van der Waals surface area contributed by atoms with Gasteiger partial charge in [0.05, 0.1) is 6.54 Å². The van der Waals surface area contributed by atoms with E-state index in [1.165, 1.54) is 15.0 Å². The summed E-state index contributed by atoms with van der Waals surface area (Å²) in [5.74, 6) is -0.189. The zero-order valence-electron chi connectivity index (χ0n) is 17.3. The van der Waals surface area contributed by atoms with E-state index < -0.39 is 11.2 Å². The number of fused-ring (bicyclic) bond motifs is 1. The zero-order valence-corrected chi connectivity index (χ0v) is 17.3. The number of unbranched alkanes of at least 4 members (excludes halogenated alkanes) is 1. The number of aromatic amines is 1. The maximum absolute atomic E-state index is 13.2. The van der Waals surface area contributed by atoms with Crippen LogP contribution in [0.15, 0.2) is 33.9 Å². The quantitative estimate of drug-likeness (QED) is 0.738. The molecule has 0 bridgehead atoms. The Balaban J connectivity index is 1.93. The maximum Gasteiger partial charge on any atom is 0.330 e. The Morgan fingerprint density at radius 3 is 2.69 bits per heavy atom. The molecule has 0 spiro atoms. The predicted molar refractivity (Wildman–Crippen MR) is 116 cm³/mol. The SMILES string of the molecule is CCCCn1c(N)c(N(CC)C(=O)CN2c3ccccc3CC2C)c(=O)[nH]c1=O. The molecule has 0 saturated heterocycles. The smallest absolute Gasteiger partial charge is 0.330 e. The standard InChI is InChI=1S/C21H29N5O3/c1-4-6-11-25-19(22)18(20(28)23-21(25)29)24(5-2)17(27)13-26-14(3)12-15-9-7-8-10-16(15)26/h7-10,14H,4-6,11-13,22H2,1-3H3,(H,23,28,29). The molecular weight excluding hydrogens is 370 g/mol. The van der Waals surface area contributed by atoms with E-state index >= 15 is 0 Å². The van der Waals surface area contributed by atoms with Crippen molar-refractivity contribution >= 4 is 23.1 Å². The highest BCUT2D eigenvalue weighted by atomic mass is 16.2. The van der Waals surface area contributed by atoms with E-state index in [-0.39, 0.29) is 36.5 Å². The molecule has 0 fully saturated rings. The van der Waals surface area contributed by atoms with Crippen molar-refractivity contribution in [3.63, 3.8) is 0 Å². The van der Waals surface area contributed by atoms with Gasteiger partial charge in [-0.05, 0) is 38.3 Å². The minimum atomic E-state index is -0.634. The van der Waals surface area contributed by atoms with Crippen LogP contribution in [0.3, 0.4) is 0 Å². The van der Waals surface area contributed by atoms with Gasteiger partial charge in [-0.25, -0.2) is 4.79 Å². The summed E-state index contributed by atoms with van der Waals surface area (Å²) in [6.45, 7) is 6.69. The molecule has 0 aliphatic carbocycles. The van der Waals surface area contributed by atoms with Gasteiger partial charge in [-0.1, -0.05) is 31.5 Å². The third-order valence-electron chi connectivity index (χ3n) is 5.49. The van der Waals surface area contributed by atoms with Gasteiger partial charge in [-0.3, -0.25) is 19.1 Å². The summed E-state index contributed by atoms with van der Waals surface area (Å²) in [6.07, 6.45) is 2.50. The Morgan fingerprint density at radius 2 is 2.00 bits per heavy atom. The van der Waals surface area contributed by atoms with Gasteiger partial charge in [0.25, 0.3) is 5.56 Å². The summed E-state index contributed by atoms with van der Waals surface area (Å²) in [5.41, 5.74) is 7.31. The molecule has 29 heavy (non-hydrogen) atoms. The number of benzene rings is 1. The molecule has 1 aromatic carbocycles. The average molecular weight is 399 g/mol. The third kappa shape index (κ3) is 3.92. The molecule has 1 amide bonds. The lowest BCUT2D eigenvalue weighted by atomic mass is 10.1. The van der Waals surface area contributed by atoms with Crippen LogP contribution in [-0.2, 0) is 17.8 Å². The molecule has 156 valence electrons. The van der Waals surface area contributed by atoms with Crippen LogP contribution >= 0.6 is 0 Å². The van der Waals surface area contributed by atoms with Crippen molar-refractivity contribution in [2.45, 2.75) is 52.6 Å². The Morgan fingerprint density at radius 1 is 1.28 bits per heavy atom. The molecule has 1 unspecified atom stereocenters. The van der Waals surface area contributed by atoms with E-state index in [9.17, 15) is 14.4 Å². The molecule has 1 aliphatic rings. The number of nitrogens with two attached hydrogens (primary N) is 1. The first-order valence-corrected chi connectivity index (χ1v) is 10.2. The first-order valence-electron chi connectivity index (χ1n) is 10.2. The average Bonchev–Trinajstić information content (AvgIpc) is 3.00. The zero-order chi connectivity index (χ0) is 21.1. The van der Waals surface area contributed by atoms with Crippen LogP contribution in [-0.4, -0.2) is 34.6 Å². The van der Waals surface area contributed by atoms with Crippen molar-refractivity contribution in [2.24, 2.45) is 0 Å². The van der Waals surface area contributed by atoms with E-state index in [0.717, 1.165) is 24.9 Å². The van der Waals surface area contributed by atoms with E-state index in [2.05, 4.69) is 22.9 Å². The predicted octanol–water partition coefficient (Wildman–Crippen LogP) is 1.72. The van der Waals surface area contributed by atoms with Crippen LogP contribution in [0.25, 0.3) is 0 Å². The molecule has 1 atom stereocenters. The largest absolute Gasteiger partial charge is 0.383 e. The molecule has 1 aromatic heterocycles. The number of carbonyl (C=O) groups is 1. The fourth-order valence-electron chi connectivity index (χ4n) is 3.94. The second kappa shape index (κ2) is 8.55. The molecule has 2 aromatic rings. The highest BCUT2D eigenvalue weighted by molar-refractivity contribution is 5.98. The summed E-state index contributed by atoms with van der Waals surface area (Å²) in [6, 6.07) is 8.21. The molecule has 8 heteroatoms. The van der Waals surface area contributed by atoms with E-state index in [4.69, 9.17) is 5.73 Å². The molecular formula is C21H29N5O3. The van der Waals surface area contributed by atoms with E-state index in [0.29, 0.717) is 6.54 Å². The summed E-state index contributed by atoms with van der Waals surface area (Å²) in [4.78, 5) is 43.6. The van der Waals surface area contributed by atoms with Crippen LogP contribution in [0.2, 0.25) is 0 Å². The minimum absolute atomic E-state index is 0.0391. The Kier molecular flexibility index (Phi) is 6.10. The Hall–Kier alpha value is -3.03. The molecule has 1 aliphatic heterocycles. The number of hydrogen-bond donors (Lipinski definition) is 2. The summed E-state index contributed by atoms with van der Waals surface area (Å²) in [5, 5.41) is 0. The van der Waals surface area contributed by atoms with Crippen LogP contribution in [0.1, 0.15) is 39.2 Å². The number of para-hydroxylation sites is 1. The number of carbonyl (C=O) groups excluding carboxylic acids is 1. The lowest BCUT2D eigenvalue weighted by Crippen LogP contribution is -2.46. The van der Waals surface area contributed by atoms with Crippen molar-refractivity contribution < 1.29 is 4.79 Å². The number of nitrogen functional groups attached to an aromatic ring is 1. The third-order valence-corrected chi connectivity index (χ3v) is 5.49. The highest BCUT2D eigenvalue weighted by Gasteiger charge is 2.30.